The minimum Gasteiger partial charge on any atom is -0.489 e. The summed E-state index contributed by atoms with van der Waals surface area (Å²) in [5.74, 6) is 0.712. The van der Waals surface area contributed by atoms with Gasteiger partial charge in [-0.3, -0.25) is 4.90 Å². The van der Waals surface area contributed by atoms with E-state index in [-0.39, 0.29) is 17.7 Å². The highest BCUT2D eigenvalue weighted by Gasteiger charge is 2.28. The maximum atomic E-state index is 12.5. The zero-order valence-electron chi connectivity index (χ0n) is 14.9. The maximum Gasteiger partial charge on any atom is 0.322 e. The summed E-state index contributed by atoms with van der Waals surface area (Å²) in [7, 11) is 0. The Labute approximate surface area is 139 Å². The fourth-order valence-electron chi connectivity index (χ4n) is 2.70. The van der Waals surface area contributed by atoms with E-state index in [9.17, 15) is 4.79 Å². The van der Waals surface area contributed by atoms with Crippen molar-refractivity contribution in [2.45, 2.75) is 46.3 Å². The molecule has 1 saturated heterocycles. The monoisotopic (exact) mass is 319 g/mol. The molecule has 0 spiro atoms. The topological polar surface area (TPSA) is 44.8 Å². The molecule has 1 aliphatic heterocycles. The Morgan fingerprint density at radius 2 is 1.74 bits per heavy atom. The fraction of sp³-hybridized carbons (Fsp3) is 0.611. The summed E-state index contributed by atoms with van der Waals surface area (Å²) in [6.07, 6.45) is 0.0726. The molecule has 1 heterocycles. The van der Waals surface area contributed by atoms with Crippen molar-refractivity contribution in [1.82, 2.24) is 9.80 Å². The number of rotatable bonds is 3. The molecule has 1 N–H and O–H groups in total. The number of carbonyl (C=O) groups excluding carboxylic acids is 1. The second kappa shape index (κ2) is 7.21. The van der Waals surface area contributed by atoms with Crippen LogP contribution in [0.5, 0.6) is 5.75 Å². The average molecular weight is 319 g/mol. The van der Waals surface area contributed by atoms with Crippen LogP contribution in [0.2, 0.25) is 0 Å². The van der Waals surface area contributed by atoms with Crippen LogP contribution in [0.3, 0.4) is 0 Å². The van der Waals surface area contributed by atoms with Gasteiger partial charge in [-0.25, -0.2) is 4.79 Å². The number of nitrogens with one attached hydrogen (secondary N) is 1. The van der Waals surface area contributed by atoms with Gasteiger partial charge in [-0.2, -0.15) is 0 Å². The van der Waals surface area contributed by atoms with Gasteiger partial charge in [-0.05, 0) is 46.8 Å². The Hall–Kier alpha value is -1.75. The molecule has 23 heavy (non-hydrogen) atoms. The van der Waals surface area contributed by atoms with Gasteiger partial charge in [-0.1, -0.05) is 12.1 Å². The lowest BCUT2D eigenvalue weighted by Crippen LogP contribution is -2.55. The highest BCUT2D eigenvalue weighted by atomic mass is 16.5. The molecule has 1 aliphatic rings. The number of piperazine rings is 1. The lowest BCUT2D eigenvalue weighted by molar-refractivity contribution is 0.0774. The maximum absolute atomic E-state index is 12.5. The SMILES string of the molecule is CC(C)Oc1ccccc1NC(=O)N1CCN(C(C)(C)C)CC1. The third-order valence-electron chi connectivity index (χ3n) is 4.01. The first-order valence-electron chi connectivity index (χ1n) is 8.34. The second-order valence-corrected chi connectivity index (χ2v) is 7.24. The van der Waals surface area contributed by atoms with Crippen molar-refractivity contribution in [3.8, 4) is 5.75 Å². The van der Waals surface area contributed by atoms with E-state index in [0.29, 0.717) is 5.75 Å². The molecular weight excluding hydrogens is 290 g/mol. The Balaban J connectivity index is 1.96. The average Bonchev–Trinajstić information content (AvgIpc) is 2.48. The molecule has 1 aromatic carbocycles. The first-order valence-corrected chi connectivity index (χ1v) is 8.34. The smallest absolute Gasteiger partial charge is 0.322 e. The van der Waals surface area contributed by atoms with Crippen LogP contribution in [0, 0.1) is 0 Å². The van der Waals surface area contributed by atoms with E-state index in [1.165, 1.54) is 0 Å². The van der Waals surface area contributed by atoms with Crippen LogP contribution in [0.4, 0.5) is 10.5 Å². The molecule has 2 amide bonds. The van der Waals surface area contributed by atoms with Crippen LogP contribution >= 0.6 is 0 Å². The molecule has 0 unspecified atom stereocenters. The van der Waals surface area contributed by atoms with Crippen molar-refractivity contribution in [3.63, 3.8) is 0 Å². The van der Waals surface area contributed by atoms with Gasteiger partial charge in [0, 0.05) is 31.7 Å². The molecular formula is C18H29N3O2. The molecule has 1 aromatic rings. The quantitative estimate of drug-likeness (QED) is 0.928. The van der Waals surface area contributed by atoms with Crippen LogP contribution < -0.4 is 10.1 Å². The molecule has 0 aromatic heterocycles. The minimum absolute atomic E-state index is 0.0571. The molecule has 2 rings (SSSR count). The van der Waals surface area contributed by atoms with E-state index in [4.69, 9.17) is 4.74 Å². The lowest BCUT2D eigenvalue weighted by atomic mass is 10.1. The van der Waals surface area contributed by atoms with Gasteiger partial charge in [0.15, 0.2) is 0 Å². The first kappa shape index (κ1) is 17.6. The van der Waals surface area contributed by atoms with Gasteiger partial charge in [0.1, 0.15) is 5.75 Å². The third kappa shape index (κ3) is 4.86. The number of hydrogen-bond donors (Lipinski definition) is 1. The first-order chi connectivity index (χ1) is 10.8. The standard InChI is InChI=1S/C18H29N3O2/c1-14(2)23-16-9-7-6-8-15(16)19-17(22)20-10-12-21(13-11-20)18(3,4)5/h6-9,14H,10-13H2,1-5H3,(H,19,22). The number of urea groups is 1. The van der Waals surface area contributed by atoms with Crippen LogP contribution in [0.15, 0.2) is 24.3 Å². The Kier molecular flexibility index (Phi) is 5.52. The Morgan fingerprint density at radius 3 is 2.30 bits per heavy atom. The van der Waals surface area contributed by atoms with Crippen molar-refractivity contribution in [3.05, 3.63) is 24.3 Å². The number of amides is 2. The van der Waals surface area contributed by atoms with Gasteiger partial charge in [0.25, 0.3) is 0 Å². The molecule has 5 nitrogen and oxygen atoms in total. The van der Waals surface area contributed by atoms with Crippen LogP contribution in [-0.4, -0.2) is 53.7 Å². The Morgan fingerprint density at radius 1 is 1.13 bits per heavy atom. The number of carbonyl (C=O) groups is 1. The summed E-state index contributed by atoms with van der Waals surface area (Å²) in [4.78, 5) is 16.8. The third-order valence-corrected chi connectivity index (χ3v) is 4.01. The van der Waals surface area contributed by atoms with Gasteiger partial charge in [-0.15, -0.1) is 0 Å². The van der Waals surface area contributed by atoms with Gasteiger partial charge in [0.05, 0.1) is 11.8 Å². The number of ether oxygens (including phenoxy) is 1. The van der Waals surface area contributed by atoms with E-state index in [0.717, 1.165) is 31.9 Å². The molecule has 1 fully saturated rings. The number of benzene rings is 1. The van der Waals surface area contributed by atoms with Gasteiger partial charge in [0.2, 0.25) is 0 Å². The summed E-state index contributed by atoms with van der Waals surface area (Å²) in [5.41, 5.74) is 0.879. The highest BCUT2D eigenvalue weighted by Crippen LogP contribution is 2.25. The van der Waals surface area contributed by atoms with E-state index in [2.05, 4.69) is 31.0 Å². The summed E-state index contributed by atoms with van der Waals surface area (Å²) >= 11 is 0. The number of hydrogen-bond acceptors (Lipinski definition) is 3. The molecule has 0 atom stereocenters. The fourth-order valence-corrected chi connectivity index (χ4v) is 2.70. The molecule has 5 heteroatoms. The summed E-state index contributed by atoms with van der Waals surface area (Å²) < 4.78 is 5.75. The van der Waals surface area contributed by atoms with Crippen LogP contribution in [-0.2, 0) is 0 Å². The van der Waals surface area contributed by atoms with E-state index in [1.807, 2.05) is 43.0 Å². The van der Waals surface area contributed by atoms with Crippen LogP contribution in [0.25, 0.3) is 0 Å². The summed E-state index contributed by atoms with van der Waals surface area (Å²) in [6, 6.07) is 7.52. The minimum atomic E-state index is -0.0571. The predicted octanol–water partition coefficient (Wildman–Crippen LogP) is 3.42. The second-order valence-electron chi connectivity index (χ2n) is 7.24. The van der Waals surface area contributed by atoms with Crippen molar-refractivity contribution >= 4 is 11.7 Å². The van der Waals surface area contributed by atoms with Crippen molar-refractivity contribution in [1.29, 1.82) is 0 Å². The summed E-state index contributed by atoms with van der Waals surface area (Å²) in [5, 5.41) is 2.98. The largest absolute Gasteiger partial charge is 0.489 e. The van der Waals surface area contributed by atoms with Gasteiger partial charge >= 0.3 is 6.03 Å². The van der Waals surface area contributed by atoms with E-state index in [1.54, 1.807) is 0 Å². The molecule has 0 bridgehead atoms. The van der Waals surface area contributed by atoms with E-state index >= 15 is 0 Å². The van der Waals surface area contributed by atoms with Crippen LogP contribution in [0.1, 0.15) is 34.6 Å². The zero-order chi connectivity index (χ0) is 17.0. The Bertz CT molecular complexity index is 529. The number of anilines is 1. The molecule has 0 aliphatic carbocycles. The van der Waals surface area contributed by atoms with Gasteiger partial charge < -0.3 is 15.0 Å². The number of nitrogens with zero attached hydrogens (tertiary/aromatic N) is 2. The number of para-hydroxylation sites is 2. The van der Waals surface area contributed by atoms with E-state index < -0.39 is 0 Å². The van der Waals surface area contributed by atoms with Crippen molar-refractivity contribution < 1.29 is 9.53 Å². The molecule has 128 valence electrons. The zero-order valence-corrected chi connectivity index (χ0v) is 14.9. The lowest BCUT2D eigenvalue weighted by Gasteiger charge is -2.42. The normalized spacial score (nSPS) is 16.5. The predicted molar refractivity (Wildman–Crippen MR) is 94.1 cm³/mol. The van der Waals surface area contributed by atoms with Crippen molar-refractivity contribution in [2.24, 2.45) is 0 Å². The summed E-state index contributed by atoms with van der Waals surface area (Å²) in [6.45, 7) is 13.9. The molecule has 0 saturated carbocycles. The van der Waals surface area contributed by atoms with Crippen molar-refractivity contribution in [2.75, 3.05) is 31.5 Å². The molecule has 0 radical (unpaired) electrons. The highest BCUT2D eigenvalue weighted by molar-refractivity contribution is 5.91.